The first-order valence-electron chi connectivity index (χ1n) is 9.52. The normalized spacial score (nSPS) is 17.6. The van der Waals surface area contributed by atoms with Crippen molar-refractivity contribution in [3.8, 4) is 5.75 Å². The van der Waals surface area contributed by atoms with Crippen molar-refractivity contribution in [3.63, 3.8) is 0 Å². The number of nitrogens with one attached hydrogen (secondary N) is 1. The molecule has 1 heterocycles. The second-order valence-electron chi connectivity index (χ2n) is 7.28. The molecule has 0 radical (unpaired) electrons. The molecule has 3 rings (SSSR count). The molecule has 156 valence electrons. The van der Waals surface area contributed by atoms with Crippen LogP contribution in [0.4, 0.5) is 5.69 Å². The van der Waals surface area contributed by atoms with Gasteiger partial charge in [-0.1, -0.05) is 41.9 Å². The van der Waals surface area contributed by atoms with Gasteiger partial charge >= 0.3 is 0 Å². The smallest absolute Gasteiger partial charge is 0.261 e. The van der Waals surface area contributed by atoms with Gasteiger partial charge in [-0.05, 0) is 43.5 Å². The Bertz CT molecular complexity index is 966. The number of halogens is 1. The Morgan fingerprint density at radius 2 is 2.00 bits per heavy atom. The lowest BCUT2D eigenvalue weighted by atomic mass is 10.1. The number of hydrogen-bond acceptors (Lipinski definition) is 4. The molecule has 0 unspecified atom stereocenters. The zero-order valence-electron chi connectivity index (χ0n) is 16.5. The summed E-state index contributed by atoms with van der Waals surface area (Å²) in [6.07, 6.45) is 2.25. The SMILES string of the molecule is C[C@@H](CCc1ccccc1)NC(=O)[C@H]1CCN(S(C)(=O)=O)c2cc(Cl)ccc2O1. The van der Waals surface area contributed by atoms with Crippen LogP contribution in [0, 0.1) is 0 Å². The number of fused-ring (bicyclic) bond motifs is 1. The summed E-state index contributed by atoms with van der Waals surface area (Å²) in [5, 5.41) is 3.39. The highest BCUT2D eigenvalue weighted by molar-refractivity contribution is 7.92. The average Bonchev–Trinajstić information content (AvgIpc) is 2.86. The van der Waals surface area contributed by atoms with Crippen LogP contribution in [0.3, 0.4) is 0 Å². The Morgan fingerprint density at radius 1 is 1.28 bits per heavy atom. The number of carbonyl (C=O) groups excluding carboxylic acids is 1. The largest absolute Gasteiger partial charge is 0.478 e. The fourth-order valence-electron chi connectivity index (χ4n) is 3.32. The molecule has 0 aliphatic carbocycles. The lowest BCUT2D eigenvalue weighted by Gasteiger charge is -2.21. The minimum atomic E-state index is -3.53. The van der Waals surface area contributed by atoms with Crippen molar-refractivity contribution in [2.24, 2.45) is 0 Å². The fourth-order valence-corrected chi connectivity index (χ4v) is 4.42. The fraction of sp³-hybridized carbons (Fsp3) is 0.381. The predicted octanol–water partition coefficient (Wildman–Crippen LogP) is 3.39. The van der Waals surface area contributed by atoms with Gasteiger partial charge in [0.25, 0.3) is 5.91 Å². The van der Waals surface area contributed by atoms with Crippen LogP contribution in [-0.2, 0) is 21.2 Å². The number of anilines is 1. The van der Waals surface area contributed by atoms with Gasteiger partial charge in [-0.2, -0.15) is 0 Å². The van der Waals surface area contributed by atoms with Gasteiger partial charge in [-0.3, -0.25) is 9.10 Å². The van der Waals surface area contributed by atoms with E-state index in [1.807, 2.05) is 25.1 Å². The molecule has 0 saturated carbocycles. The molecular weight excluding hydrogens is 412 g/mol. The summed E-state index contributed by atoms with van der Waals surface area (Å²) in [4.78, 5) is 12.8. The van der Waals surface area contributed by atoms with E-state index in [9.17, 15) is 13.2 Å². The number of rotatable bonds is 6. The highest BCUT2D eigenvalue weighted by Crippen LogP contribution is 2.36. The second-order valence-corrected chi connectivity index (χ2v) is 9.62. The van der Waals surface area contributed by atoms with Gasteiger partial charge in [-0.25, -0.2) is 8.42 Å². The Balaban J connectivity index is 1.68. The van der Waals surface area contributed by atoms with Crippen LogP contribution in [0.15, 0.2) is 48.5 Å². The maximum Gasteiger partial charge on any atom is 0.261 e. The van der Waals surface area contributed by atoms with Crippen LogP contribution in [0.5, 0.6) is 5.75 Å². The van der Waals surface area contributed by atoms with E-state index in [-0.39, 0.29) is 24.9 Å². The van der Waals surface area contributed by atoms with E-state index >= 15 is 0 Å². The monoisotopic (exact) mass is 436 g/mol. The second kappa shape index (κ2) is 9.05. The Morgan fingerprint density at radius 3 is 2.69 bits per heavy atom. The van der Waals surface area contributed by atoms with Crippen LogP contribution in [0.1, 0.15) is 25.3 Å². The number of ether oxygens (including phenoxy) is 1. The van der Waals surface area contributed by atoms with E-state index in [2.05, 4.69) is 17.4 Å². The number of carbonyl (C=O) groups is 1. The molecular formula is C21H25ClN2O4S. The molecule has 0 aromatic heterocycles. The topological polar surface area (TPSA) is 75.7 Å². The van der Waals surface area contributed by atoms with E-state index in [0.29, 0.717) is 16.5 Å². The summed E-state index contributed by atoms with van der Waals surface area (Å²) >= 11 is 6.04. The van der Waals surface area contributed by atoms with Gasteiger partial charge in [0.05, 0.1) is 11.9 Å². The molecule has 2 aromatic carbocycles. The molecule has 1 aliphatic heterocycles. The first kappa shape index (κ1) is 21.5. The lowest BCUT2D eigenvalue weighted by molar-refractivity contribution is -0.128. The highest BCUT2D eigenvalue weighted by Gasteiger charge is 2.31. The van der Waals surface area contributed by atoms with Crippen LogP contribution in [0.25, 0.3) is 0 Å². The van der Waals surface area contributed by atoms with E-state index < -0.39 is 16.1 Å². The van der Waals surface area contributed by atoms with Crippen LogP contribution in [-0.4, -0.2) is 39.3 Å². The molecule has 29 heavy (non-hydrogen) atoms. The minimum absolute atomic E-state index is 0.0368. The molecule has 2 aromatic rings. The molecule has 1 amide bonds. The molecule has 6 nitrogen and oxygen atoms in total. The van der Waals surface area contributed by atoms with Crippen LogP contribution >= 0.6 is 11.6 Å². The Kier molecular flexibility index (Phi) is 6.70. The van der Waals surface area contributed by atoms with Crippen molar-refractivity contribution in [1.29, 1.82) is 0 Å². The number of amides is 1. The molecule has 8 heteroatoms. The van der Waals surface area contributed by atoms with Gasteiger partial charge < -0.3 is 10.1 Å². The molecule has 0 spiro atoms. The van der Waals surface area contributed by atoms with Crippen LogP contribution < -0.4 is 14.4 Å². The van der Waals surface area contributed by atoms with Crippen molar-refractivity contribution in [2.75, 3.05) is 17.1 Å². The van der Waals surface area contributed by atoms with E-state index in [0.717, 1.165) is 19.1 Å². The average molecular weight is 437 g/mol. The molecule has 0 fully saturated rings. The summed E-state index contributed by atoms with van der Waals surface area (Å²) < 4.78 is 31.6. The quantitative estimate of drug-likeness (QED) is 0.753. The molecule has 1 aliphatic rings. The number of sulfonamides is 1. The first-order chi connectivity index (χ1) is 13.7. The zero-order chi connectivity index (χ0) is 21.0. The van der Waals surface area contributed by atoms with Crippen molar-refractivity contribution >= 4 is 33.2 Å². The number of nitrogens with zero attached hydrogens (tertiary/aromatic N) is 1. The molecule has 1 N–H and O–H groups in total. The van der Waals surface area contributed by atoms with Gasteiger partial charge in [0.15, 0.2) is 6.10 Å². The summed E-state index contributed by atoms with van der Waals surface area (Å²) in [6.45, 7) is 2.09. The summed E-state index contributed by atoms with van der Waals surface area (Å²) in [5.74, 6) is 0.0798. The third-order valence-electron chi connectivity index (χ3n) is 4.84. The number of benzene rings is 2. The summed E-state index contributed by atoms with van der Waals surface area (Å²) in [7, 11) is -3.53. The standard InChI is InChI=1S/C21H25ClN2O4S/c1-15(8-9-16-6-4-3-5-7-16)23-21(25)20-12-13-24(29(2,26)27)18-14-17(22)10-11-19(18)28-20/h3-7,10-11,14-15,20H,8-9,12-13H2,1-2H3,(H,23,25)/t15-,20+/m0/s1. The summed E-state index contributed by atoms with van der Waals surface area (Å²) in [6, 6.07) is 14.8. The van der Waals surface area contributed by atoms with E-state index in [4.69, 9.17) is 16.3 Å². The lowest BCUT2D eigenvalue weighted by Crippen LogP contribution is -2.43. The van der Waals surface area contributed by atoms with Crippen molar-refractivity contribution in [2.45, 2.75) is 38.3 Å². The summed E-state index contributed by atoms with van der Waals surface area (Å²) in [5.41, 5.74) is 1.57. The Hall–Kier alpha value is -2.25. The zero-order valence-corrected chi connectivity index (χ0v) is 18.0. The van der Waals surface area contributed by atoms with Crippen molar-refractivity contribution in [1.82, 2.24) is 5.32 Å². The van der Waals surface area contributed by atoms with Gasteiger partial charge in [0.1, 0.15) is 5.75 Å². The molecule has 2 atom stereocenters. The van der Waals surface area contributed by atoms with Gasteiger partial charge in [0.2, 0.25) is 10.0 Å². The Labute approximate surface area is 176 Å². The van der Waals surface area contributed by atoms with Gasteiger partial charge in [0, 0.05) is 24.0 Å². The minimum Gasteiger partial charge on any atom is -0.478 e. The number of aryl methyl sites for hydroxylation is 1. The molecule has 0 bridgehead atoms. The third kappa shape index (κ3) is 5.64. The first-order valence-corrected chi connectivity index (χ1v) is 11.7. The maximum absolute atomic E-state index is 12.8. The van der Waals surface area contributed by atoms with E-state index in [1.54, 1.807) is 18.2 Å². The van der Waals surface area contributed by atoms with Crippen molar-refractivity contribution in [3.05, 3.63) is 59.1 Å². The van der Waals surface area contributed by atoms with Crippen molar-refractivity contribution < 1.29 is 17.9 Å². The third-order valence-corrected chi connectivity index (χ3v) is 6.26. The number of hydrogen-bond donors (Lipinski definition) is 1. The highest BCUT2D eigenvalue weighted by atomic mass is 35.5. The van der Waals surface area contributed by atoms with Gasteiger partial charge in [-0.15, -0.1) is 0 Å². The van der Waals surface area contributed by atoms with Crippen LogP contribution in [0.2, 0.25) is 5.02 Å². The molecule has 0 saturated heterocycles. The maximum atomic E-state index is 12.8. The van der Waals surface area contributed by atoms with E-state index in [1.165, 1.54) is 9.87 Å². The predicted molar refractivity (Wildman–Crippen MR) is 115 cm³/mol.